The van der Waals surface area contributed by atoms with Crippen molar-refractivity contribution in [3.05, 3.63) is 65.4 Å². The molecular weight excluding hydrogens is 580 g/mol. The first kappa shape index (κ1) is 30.4. The Morgan fingerprint density at radius 2 is 1.78 bits per heavy atom. The largest absolute Gasteiger partial charge is 0.493 e. The van der Waals surface area contributed by atoms with E-state index in [-0.39, 0.29) is 17.4 Å². The molecule has 1 saturated heterocycles. The van der Waals surface area contributed by atoms with Gasteiger partial charge in [0.05, 0.1) is 38.0 Å². The van der Waals surface area contributed by atoms with Crippen LogP contribution in [0, 0.1) is 5.92 Å². The van der Waals surface area contributed by atoms with Crippen LogP contribution >= 0.6 is 0 Å². The molecule has 0 bridgehead atoms. The van der Waals surface area contributed by atoms with Crippen LogP contribution in [-0.4, -0.2) is 82.5 Å². The molecule has 2 aliphatic heterocycles. The molecule has 1 spiro atoms. The van der Waals surface area contributed by atoms with Crippen LogP contribution in [-0.2, 0) is 29.7 Å². The van der Waals surface area contributed by atoms with Gasteiger partial charge in [0.25, 0.3) is 0 Å². The van der Waals surface area contributed by atoms with Crippen molar-refractivity contribution in [3.63, 3.8) is 0 Å². The molecule has 5 heterocycles. The second-order valence-electron chi connectivity index (χ2n) is 12.8. The third-order valence-corrected chi connectivity index (χ3v) is 10.2. The third-order valence-electron chi connectivity index (χ3n) is 10.2. The van der Waals surface area contributed by atoms with Gasteiger partial charge >= 0.3 is 0 Å². The van der Waals surface area contributed by atoms with Gasteiger partial charge in [-0.1, -0.05) is 19.4 Å². The fourth-order valence-electron chi connectivity index (χ4n) is 7.72. The summed E-state index contributed by atoms with van der Waals surface area (Å²) in [7, 11) is 3.38. The highest BCUT2D eigenvalue weighted by atomic mass is 16.5. The van der Waals surface area contributed by atoms with Crippen LogP contribution < -0.4 is 19.7 Å². The standard InChI is InChI=1S/C35H44N8O3/c1-4-6-26-7-5-8-27(40-26)22-43-33-28(21-39-43)32(36-23-37-33)41-15-17-42(18-16-41)34(44)24-9-12-35(13-10-24)29-20-31(46-3)30(45-2)19-25(29)11-14-38-35/h5,7-8,19-21,23-24,38H,4,6,9-18,22H2,1-3H3. The zero-order valence-electron chi connectivity index (χ0n) is 27.2. The van der Waals surface area contributed by atoms with E-state index in [0.717, 1.165) is 104 Å². The van der Waals surface area contributed by atoms with E-state index in [1.165, 1.54) is 11.1 Å². The summed E-state index contributed by atoms with van der Waals surface area (Å²) < 4.78 is 13.1. The number of benzene rings is 1. The van der Waals surface area contributed by atoms with E-state index in [1.807, 2.05) is 16.9 Å². The van der Waals surface area contributed by atoms with Crippen LogP contribution in [0.15, 0.2) is 42.9 Å². The lowest BCUT2D eigenvalue weighted by atomic mass is 9.69. The highest BCUT2D eigenvalue weighted by molar-refractivity contribution is 5.87. The minimum Gasteiger partial charge on any atom is -0.493 e. The Labute approximate surface area is 270 Å². The van der Waals surface area contributed by atoms with Crippen LogP contribution in [0.3, 0.4) is 0 Å². The Morgan fingerprint density at radius 3 is 2.54 bits per heavy atom. The minimum absolute atomic E-state index is 0.0536. The Kier molecular flexibility index (Phi) is 8.50. The predicted molar refractivity (Wildman–Crippen MR) is 176 cm³/mol. The summed E-state index contributed by atoms with van der Waals surface area (Å²) in [5.41, 5.74) is 5.39. The maximum Gasteiger partial charge on any atom is 0.225 e. The second-order valence-corrected chi connectivity index (χ2v) is 12.8. The molecule has 1 aliphatic carbocycles. The summed E-state index contributed by atoms with van der Waals surface area (Å²) in [6.07, 6.45) is 10.1. The van der Waals surface area contributed by atoms with Gasteiger partial charge < -0.3 is 24.6 Å². The molecule has 1 amide bonds. The smallest absolute Gasteiger partial charge is 0.225 e. The van der Waals surface area contributed by atoms with E-state index in [9.17, 15) is 4.79 Å². The van der Waals surface area contributed by atoms with Crippen LogP contribution in [0.1, 0.15) is 61.5 Å². The van der Waals surface area contributed by atoms with Gasteiger partial charge in [0.2, 0.25) is 5.91 Å². The maximum absolute atomic E-state index is 13.8. The average molecular weight is 625 g/mol. The monoisotopic (exact) mass is 624 g/mol. The first-order chi connectivity index (χ1) is 22.5. The fourth-order valence-corrected chi connectivity index (χ4v) is 7.72. The number of nitrogens with one attached hydrogen (secondary N) is 1. The lowest BCUT2D eigenvalue weighted by Crippen LogP contribution is -2.53. The van der Waals surface area contributed by atoms with Crippen LogP contribution in [0.25, 0.3) is 11.0 Å². The number of piperazine rings is 1. The predicted octanol–water partition coefficient (Wildman–Crippen LogP) is 4.12. The zero-order valence-corrected chi connectivity index (χ0v) is 27.2. The molecule has 3 aromatic heterocycles. The summed E-state index contributed by atoms with van der Waals surface area (Å²) in [4.78, 5) is 32.1. The average Bonchev–Trinajstić information content (AvgIpc) is 3.51. The molecule has 11 heteroatoms. The number of hydrogen-bond acceptors (Lipinski definition) is 9. The quantitative estimate of drug-likeness (QED) is 0.310. The van der Waals surface area contributed by atoms with Gasteiger partial charge in [-0.15, -0.1) is 0 Å². The second kappa shape index (κ2) is 12.9. The van der Waals surface area contributed by atoms with Crippen LogP contribution in [0.2, 0.25) is 0 Å². The lowest BCUT2D eigenvalue weighted by molar-refractivity contribution is -0.137. The van der Waals surface area contributed by atoms with Crippen molar-refractivity contribution in [2.24, 2.45) is 5.92 Å². The Balaban J connectivity index is 0.987. The number of anilines is 1. The minimum atomic E-state index is -0.111. The number of aryl methyl sites for hydroxylation is 1. The number of amides is 1. The maximum atomic E-state index is 13.8. The number of carbonyl (C=O) groups is 1. The SMILES string of the molecule is CCCc1cccc(Cn2ncc3c(N4CCN(C(=O)C5CCC6(CC5)NCCc5cc(OC)c(OC)cc56)CC4)ncnc32)n1. The van der Waals surface area contributed by atoms with E-state index in [2.05, 4.69) is 61.4 Å². The van der Waals surface area contributed by atoms with Crippen LogP contribution in [0.4, 0.5) is 5.82 Å². The molecule has 1 N–H and O–H groups in total. The fraction of sp³-hybridized carbons (Fsp3) is 0.514. The molecule has 2 fully saturated rings. The Morgan fingerprint density at radius 1 is 1.02 bits per heavy atom. The molecule has 3 aliphatic rings. The highest BCUT2D eigenvalue weighted by Crippen LogP contribution is 2.46. The number of nitrogens with zero attached hydrogens (tertiary/aromatic N) is 7. The zero-order chi connectivity index (χ0) is 31.7. The summed E-state index contributed by atoms with van der Waals surface area (Å²) in [6, 6.07) is 10.5. The Hall–Kier alpha value is -4.25. The summed E-state index contributed by atoms with van der Waals surface area (Å²) >= 11 is 0. The molecule has 46 heavy (non-hydrogen) atoms. The van der Waals surface area contributed by atoms with E-state index < -0.39 is 0 Å². The van der Waals surface area contributed by atoms with Gasteiger partial charge in [0.1, 0.15) is 12.1 Å². The van der Waals surface area contributed by atoms with Crippen molar-refractivity contribution in [2.75, 3.05) is 51.8 Å². The molecule has 7 rings (SSSR count). The molecule has 0 unspecified atom stereocenters. The first-order valence-corrected chi connectivity index (χ1v) is 16.7. The molecule has 1 aromatic carbocycles. The number of hydrogen-bond donors (Lipinski definition) is 1. The summed E-state index contributed by atoms with van der Waals surface area (Å²) in [5, 5.41) is 9.42. The highest BCUT2D eigenvalue weighted by Gasteiger charge is 2.43. The van der Waals surface area contributed by atoms with Gasteiger partial charge in [-0.25, -0.2) is 14.6 Å². The summed E-state index contributed by atoms with van der Waals surface area (Å²) in [5.74, 6) is 2.77. The third kappa shape index (κ3) is 5.65. The number of carbonyl (C=O) groups excluding carboxylic acids is 1. The van der Waals surface area contributed by atoms with Crippen LogP contribution in [0.5, 0.6) is 11.5 Å². The molecule has 11 nitrogen and oxygen atoms in total. The van der Waals surface area contributed by atoms with Crippen molar-refractivity contribution in [1.29, 1.82) is 0 Å². The lowest BCUT2D eigenvalue weighted by Gasteiger charge is -2.46. The van der Waals surface area contributed by atoms with Gasteiger partial charge in [-0.2, -0.15) is 5.10 Å². The molecule has 242 valence electrons. The van der Waals surface area contributed by atoms with Gasteiger partial charge in [0.15, 0.2) is 17.1 Å². The molecule has 0 atom stereocenters. The topological polar surface area (TPSA) is 111 Å². The first-order valence-electron chi connectivity index (χ1n) is 16.7. The van der Waals surface area contributed by atoms with E-state index in [4.69, 9.17) is 14.5 Å². The van der Waals surface area contributed by atoms with Crippen molar-refractivity contribution in [3.8, 4) is 11.5 Å². The number of rotatable bonds is 8. The number of fused-ring (bicyclic) bond motifs is 3. The number of pyridine rings is 1. The Bertz CT molecular complexity index is 1710. The van der Waals surface area contributed by atoms with Crippen molar-refractivity contribution in [2.45, 2.75) is 64.0 Å². The van der Waals surface area contributed by atoms with E-state index >= 15 is 0 Å². The molecular formula is C35H44N8O3. The van der Waals surface area contributed by atoms with Gasteiger partial charge in [0, 0.05) is 49.9 Å². The van der Waals surface area contributed by atoms with Crippen molar-refractivity contribution in [1.82, 2.24) is 34.9 Å². The normalized spacial score (nSPS) is 21.4. The molecule has 0 radical (unpaired) electrons. The van der Waals surface area contributed by atoms with Gasteiger partial charge in [-0.05, 0) is 73.9 Å². The van der Waals surface area contributed by atoms with Gasteiger partial charge in [-0.3, -0.25) is 9.78 Å². The van der Waals surface area contributed by atoms with Crippen molar-refractivity contribution < 1.29 is 14.3 Å². The van der Waals surface area contributed by atoms with E-state index in [1.54, 1.807) is 20.5 Å². The molecule has 4 aromatic rings. The number of methoxy groups -OCH3 is 2. The van der Waals surface area contributed by atoms with E-state index in [0.29, 0.717) is 19.6 Å². The number of aromatic nitrogens is 5. The molecule has 1 saturated carbocycles. The number of ether oxygens (including phenoxy) is 2. The van der Waals surface area contributed by atoms with Crippen molar-refractivity contribution >= 4 is 22.8 Å². The summed E-state index contributed by atoms with van der Waals surface area (Å²) in [6.45, 7) is 6.50.